The van der Waals surface area contributed by atoms with Crippen LogP contribution in [0.4, 0.5) is 11.5 Å². The van der Waals surface area contributed by atoms with E-state index in [0.717, 1.165) is 12.0 Å². The van der Waals surface area contributed by atoms with Crippen molar-refractivity contribution < 1.29 is 13.2 Å². The smallest absolute Gasteiger partial charge is 0.246 e. The average Bonchev–Trinajstić information content (AvgIpc) is 3.04. The summed E-state index contributed by atoms with van der Waals surface area (Å²) < 4.78 is 27.8. The van der Waals surface area contributed by atoms with E-state index < -0.39 is 9.84 Å². The fourth-order valence-electron chi connectivity index (χ4n) is 3.04. The van der Waals surface area contributed by atoms with Gasteiger partial charge in [-0.25, -0.2) is 13.1 Å². The number of hydrogen-bond donors (Lipinski definition) is 2. The fraction of sp³-hybridized carbons (Fsp3) is 0.273. The number of aromatic nitrogens is 2. The third kappa shape index (κ3) is 5.11. The molecule has 2 aromatic carbocycles. The maximum atomic E-state index is 13.3. The van der Waals surface area contributed by atoms with Gasteiger partial charge < -0.3 is 11.1 Å². The molecule has 9 heteroatoms. The minimum atomic E-state index is -3.88. The van der Waals surface area contributed by atoms with Crippen molar-refractivity contribution in [1.82, 2.24) is 9.78 Å². The Morgan fingerprint density at radius 3 is 2.32 bits per heavy atom. The molecule has 0 spiro atoms. The van der Waals surface area contributed by atoms with Gasteiger partial charge in [0, 0.05) is 5.69 Å². The van der Waals surface area contributed by atoms with Crippen LogP contribution in [-0.4, -0.2) is 29.9 Å². The van der Waals surface area contributed by atoms with Gasteiger partial charge in [0.2, 0.25) is 15.7 Å². The van der Waals surface area contributed by atoms with Gasteiger partial charge in [-0.3, -0.25) is 4.79 Å². The van der Waals surface area contributed by atoms with Gasteiger partial charge in [-0.05, 0) is 48.9 Å². The maximum Gasteiger partial charge on any atom is 0.246 e. The third-order valence-corrected chi connectivity index (χ3v) is 7.55. The minimum Gasteiger partial charge on any atom is -0.383 e. The van der Waals surface area contributed by atoms with Crippen molar-refractivity contribution in [2.45, 2.75) is 48.6 Å². The van der Waals surface area contributed by atoms with Crippen LogP contribution < -0.4 is 11.1 Å². The molecule has 0 bridgehead atoms. The zero-order valence-electron chi connectivity index (χ0n) is 17.8. The van der Waals surface area contributed by atoms with Gasteiger partial charge in [0.1, 0.15) is 22.3 Å². The predicted octanol–water partition coefficient (Wildman–Crippen LogP) is 3.92. The quantitative estimate of drug-likeness (QED) is 0.496. The first-order valence-electron chi connectivity index (χ1n) is 9.95. The molecule has 0 fully saturated rings. The summed E-state index contributed by atoms with van der Waals surface area (Å²) in [5, 5.41) is 7.42. The number of carbonyl (C=O) groups excluding carboxylic acids is 1. The Bertz CT molecular complexity index is 1170. The lowest BCUT2D eigenvalue weighted by molar-refractivity contribution is -0.116. The van der Waals surface area contributed by atoms with E-state index in [1.807, 2.05) is 38.1 Å². The van der Waals surface area contributed by atoms with Gasteiger partial charge in [0.25, 0.3) is 0 Å². The highest BCUT2D eigenvalue weighted by molar-refractivity contribution is 8.00. The van der Waals surface area contributed by atoms with Gasteiger partial charge in [-0.15, -0.1) is 11.8 Å². The summed E-state index contributed by atoms with van der Waals surface area (Å²) in [6.07, 6.45) is 0.911. The summed E-state index contributed by atoms with van der Waals surface area (Å²) in [4.78, 5) is 12.6. The fourth-order valence-corrected chi connectivity index (χ4v) is 5.59. The summed E-state index contributed by atoms with van der Waals surface area (Å²) in [7, 11) is -3.88. The van der Waals surface area contributed by atoms with Crippen LogP contribution in [0.25, 0.3) is 0 Å². The average molecular weight is 459 g/mol. The number of benzene rings is 2. The Balaban J connectivity index is 1.90. The highest BCUT2D eigenvalue weighted by atomic mass is 32.2. The van der Waals surface area contributed by atoms with Crippen molar-refractivity contribution in [2.24, 2.45) is 0 Å². The second-order valence-corrected chi connectivity index (χ2v) is 10.2. The lowest BCUT2D eigenvalue weighted by Crippen LogP contribution is -2.21. The molecule has 1 heterocycles. The first kappa shape index (κ1) is 22.9. The lowest BCUT2D eigenvalue weighted by atomic mass is 10.1. The topological polar surface area (TPSA) is 107 Å². The number of hydrogen-bond acceptors (Lipinski definition) is 6. The highest BCUT2D eigenvalue weighted by Gasteiger charge is 2.30. The number of nitrogens with zero attached hydrogens (tertiary/aromatic N) is 2. The van der Waals surface area contributed by atoms with E-state index in [4.69, 9.17) is 5.73 Å². The van der Waals surface area contributed by atoms with Crippen molar-refractivity contribution in [2.75, 3.05) is 16.8 Å². The number of nitrogen functional groups attached to an aromatic ring is 1. The van der Waals surface area contributed by atoms with E-state index in [-0.39, 0.29) is 28.1 Å². The van der Waals surface area contributed by atoms with Crippen molar-refractivity contribution in [3.05, 3.63) is 59.7 Å². The van der Waals surface area contributed by atoms with Crippen molar-refractivity contribution >= 4 is 39.0 Å². The molecular weight excluding hydrogens is 432 g/mol. The molecule has 3 aromatic rings. The van der Waals surface area contributed by atoms with E-state index in [1.165, 1.54) is 22.0 Å². The van der Waals surface area contributed by atoms with Crippen LogP contribution in [0.2, 0.25) is 0 Å². The predicted molar refractivity (Wildman–Crippen MR) is 124 cm³/mol. The number of rotatable bonds is 8. The molecular formula is C22H26N4O3S2. The zero-order valence-corrected chi connectivity index (χ0v) is 19.4. The monoisotopic (exact) mass is 458 g/mol. The van der Waals surface area contributed by atoms with Gasteiger partial charge in [-0.1, -0.05) is 43.7 Å². The Kier molecular flexibility index (Phi) is 7.07. The van der Waals surface area contributed by atoms with E-state index in [1.54, 1.807) is 24.3 Å². The Labute approximate surface area is 187 Å². The first-order valence-corrected chi connectivity index (χ1v) is 12.4. The van der Waals surface area contributed by atoms with E-state index in [9.17, 15) is 13.2 Å². The molecule has 0 unspecified atom stereocenters. The molecule has 0 radical (unpaired) electrons. The molecule has 31 heavy (non-hydrogen) atoms. The van der Waals surface area contributed by atoms with E-state index in [2.05, 4.69) is 17.3 Å². The minimum absolute atomic E-state index is 0.0481. The largest absolute Gasteiger partial charge is 0.383 e. The molecule has 0 atom stereocenters. The van der Waals surface area contributed by atoms with Crippen LogP contribution >= 0.6 is 11.8 Å². The summed E-state index contributed by atoms with van der Waals surface area (Å²) in [5.74, 6) is 0.224. The first-order chi connectivity index (χ1) is 14.8. The normalized spacial score (nSPS) is 11.5. The molecule has 0 aliphatic rings. The summed E-state index contributed by atoms with van der Waals surface area (Å²) in [5.41, 5.74) is 8.97. The van der Waals surface area contributed by atoms with Gasteiger partial charge >= 0.3 is 0 Å². The van der Waals surface area contributed by atoms with Crippen molar-refractivity contribution in [1.29, 1.82) is 0 Å². The van der Waals surface area contributed by atoms with Crippen molar-refractivity contribution in [3.63, 3.8) is 0 Å². The number of sulfone groups is 1. The van der Waals surface area contributed by atoms with Crippen LogP contribution in [0.15, 0.2) is 63.3 Å². The Morgan fingerprint density at radius 2 is 1.74 bits per heavy atom. The van der Waals surface area contributed by atoms with Gasteiger partial charge in [-0.2, -0.15) is 5.10 Å². The van der Waals surface area contributed by atoms with Crippen LogP contribution in [0.1, 0.15) is 25.0 Å². The molecule has 3 N–H and O–H groups in total. The summed E-state index contributed by atoms with van der Waals surface area (Å²) in [6, 6.07) is 14.1. The number of nitrogens with two attached hydrogens (primary N) is 1. The zero-order chi connectivity index (χ0) is 22.6. The second kappa shape index (κ2) is 9.57. The molecule has 0 saturated heterocycles. The summed E-state index contributed by atoms with van der Waals surface area (Å²) in [6.45, 7) is 5.65. The standard InChI is InChI=1S/C22H26N4O3S2/c1-4-16-8-10-17(11-9-16)24-19(27)14-26-21(23)20(22(25-26)30-5-2)31(28,29)18-12-6-15(3)7-13-18/h6-13H,4-5,14,23H2,1-3H3,(H,24,27). The number of aryl methyl sites for hydroxylation is 2. The number of thioether (sulfide) groups is 1. The number of carbonyl (C=O) groups is 1. The number of amides is 1. The van der Waals surface area contributed by atoms with Crippen molar-refractivity contribution in [3.8, 4) is 0 Å². The third-order valence-electron chi connectivity index (χ3n) is 4.74. The molecule has 1 aromatic heterocycles. The SMILES string of the molecule is CCSc1nn(CC(=O)Nc2ccc(CC)cc2)c(N)c1S(=O)(=O)c1ccc(C)cc1. The molecule has 7 nitrogen and oxygen atoms in total. The molecule has 164 valence electrons. The van der Waals surface area contributed by atoms with E-state index >= 15 is 0 Å². The Morgan fingerprint density at radius 1 is 1.10 bits per heavy atom. The number of anilines is 2. The van der Waals surface area contributed by atoms with Crippen LogP contribution in [0.5, 0.6) is 0 Å². The van der Waals surface area contributed by atoms with Crippen LogP contribution in [0.3, 0.4) is 0 Å². The maximum absolute atomic E-state index is 13.3. The van der Waals surface area contributed by atoms with E-state index in [0.29, 0.717) is 16.5 Å². The van der Waals surface area contributed by atoms with Gasteiger partial charge in [0.05, 0.1) is 4.90 Å². The Hall–Kier alpha value is -2.78. The van der Waals surface area contributed by atoms with Gasteiger partial charge in [0.15, 0.2) is 0 Å². The molecule has 0 saturated carbocycles. The lowest BCUT2D eigenvalue weighted by Gasteiger charge is -2.08. The van der Waals surface area contributed by atoms with Crippen LogP contribution in [0, 0.1) is 6.92 Å². The molecule has 0 aliphatic carbocycles. The molecule has 1 amide bonds. The molecule has 3 rings (SSSR count). The highest BCUT2D eigenvalue weighted by Crippen LogP contribution is 2.34. The second-order valence-electron chi connectivity index (χ2n) is 7.03. The summed E-state index contributed by atoms with van der Waals surface area (Å²) >= 11 is 1.27. The van der Waals surface area contributed by atoms with Crippen LogP contribution in [-0.2, 0) is 27.6 Å². The number of nitrogens with one attached hydrogen (secondary N) is 1. The molecule has 0 aliphatic heterocycles.